The lowest BCUT2D eigenvalue weighted by Gasteiger charge is -2.10. The lowest BCUT2D eigenvalue weighted by Crippen LogP contribution is -2.29. The van der Waals surface area contributed by atoms with Crippen LogP contribution in [0.2, 0.25) is 5.02 Å². The van der Waals surface area contributed by atoms with Gasteiger partial charge in [-0.3, -0.25) is 9.59 Å². The van der Waals surface area contributed by atoms with Crippen LogP contribution in [0.3, 0.4) is 0 Å². The number of aromatic nitrogens is 3. The van der Waals surface area contributed by atoms with Gasteiger partial charge >= 0.3 is 6.18 Å². The smallest absolute Gasteiger partial charge is 0.342 e. The first-order valence-electron chi connectivity index (χ1n) is 9.02. The summed E-state index contributed by atoms with van der Waals surface area (Å²) in [6.07, 6.45) is -4.81. The molecule has 4 aromatic rings. The van der Waals surface area contributed by atoms with Gasteiger partial charge in [-0.1, -0.05) is 54.1 Å². The molecule has 2 N–H and O–H groups in total. The molecule has 2 aromatic heterocycles. The molecule has 158 valence electrons. The van der Waals surface area contributed by atoms with Crippen LogP contribution in [-0.2, 0) is 6.18 Å². The molecule has 31 heavy (non-hydrogen) atoms. The fraction of sp³-hybridized carbons (Fsp3) is 0.0952. The van der Waals surface area contributed by atoms with Gasteiger partial charge in [0.2, 0.25) is 0 Å². The predicted molar refractivity (Wildman–Crippen MR) is 110 cm³/mol. The maximum absolute atomic E-state index is 13.7. The van der Waals surface area contributed by atoms with Crippen molar-refractivity contribution in [3.05, 3.63) is 86.9 Å². The summed E-state index contributed by atoms with van der Waals surface area (Å²) in [4.78, 5) is 28.5. The third-order valence-corrected chi connectivity index (χ3v) is 4.98. The van der Waals surface area contributed by atoms with E-state index in [4.69, 9.17) is 11.6 Å². The van der Waals surface area contributed by atoms with Crippen LogP contribution in [0.15, 0.2) is 59.4 Å². The van der Waals surface area contributed by atoms with E-state index < -0.39 is 23.3 Å². The van der Waals surface area contributed by atoms with Crippen LogP contribution in [0.25, 0.3) is 16.8 Å². The van der Waals surface area contributed by atoms with E-state index in [1.807, 2.05) is 0 Å². The fourth-order valence-electron chi connectivity index (χ4n) is 3.28. The van der Waals surface area contributed by atoms with E-state index in [1.54, 1.807) is 36.4 Å². The first-order valence-corrected chi connectivity index (χ1v) is 9.40. The monoisotopic (exact) mass is 446 g/mol. The number of nitrogens with one attached hydrogen (secondary N) is 2. The first-order chi connectivity index (χ1) is 14.7. The maximum atomic E-state index is 13.7. The van der Waals surface area contributed by atoms with E-state index in [1.165, 1.54) is 25.1 Å². The summed E-state index contributed by atoms with van der Waals surface area (Å²) in [6, 6.07) is 14.2. The maximum Gasteiger partial charge on any atom is 0.435 e. The van der Waals surface area contributed by atoms with Crippen LogP contribution < -0.4 is 10.9 Å². The molecule has 0 spiro atoms. The number of carbonyl (C=O) groups is 1. The summed E-state index contributed by atoms with van der Waals surface area (Å²) < 4.78 is 41.7. The van der Waals surface area contributed by atoms with Crippen molar-refractivity contribution in [3.63, 3.8) is 0 Å². The third kappa shape index (κ3) is 3.68. The van der Waals surface area contributed by atoms with Crippen LogP contribution in [0.1, 0.15) is 21.7 Å². The molecule has 6 nitrogen and oxygen atoms in total. The average molecular weight is 447 g/mol. The molecule has 2 heterocycles. The van der Waals surface area contributed by atoms with E-state index in [0.29, 0.717) is 4.52 Å². The van der Waals surface area contributed by atoms with Crippen molar-refractivity contribution in [2.24, 2.45) is 0 Å². The van der Waals surface area contributed by atoms with Gasteiger partial charge in [-0.15, -0.1) is 0 Å². The number of rotatable bonds is 3. The zero-order chi connectivity index (χ0) is 22.3. The Bertz CT molecular complexity index is 1360. The number of hydrogen-bond acceptors (Lipinski definition) is 3. The molecule has 0 unspecified atom stereocenters. The van der Waals surface area contributed by atoms with E-state index in [0.717, 1.165) is 0 Å². The van der Waals surface area contributed by atoms with Crippen molar-refractivity contribution in [2.75, 3.05) is 5.32 Å². The Kier molecular flexibility index (Phi) is 5.06. The predicted octanol–water partition coefficient (Wildman–Crippen LogP) is 4.92. The van der Waals surface area contributed by atoms with Gasteiger partial charge in [0.05, 0.1) is 16.3 Å². The Hall–Kier alpha value is -3.59. The highest BCUT2D eigenvalue weighted by Crippen LogP contribution is 2.38. The van der Waals surface area contributed by atoms with Crippen molar-refractivity contribution in [2.45, 2.75) is 13.1 Å². The fourth-order valence-corrected chi connectivity index (χ4v) is 3.46. The molecule has 0 aliphatic carbocycles. The quantitative estimate of drug-likeness (QED) is 0.468. The standard InChI is InChI=1S/C21H14ClF3N4O2/c1-11-15(19(30)27-14-10-6-5-9-13(14)22)20(31)29-18(26-11)16(12-7-3-2-4-8-12)17(28-29)21(23,24)25/h2-10,26H,1H3,(H,27,30). The molecule has 0 aliphatic heterocycles. The SMILES string of the molecule is Cc1[nH]c2c(-c3ccccc3)c(C(F)(F)F)nn2c(=O)c1C(=O)Nc1ccccc1Cl. The number of H-pyrrole nitrogens is 1. The lowest BCUT2D eigenvalue weighted by molar-refractivity contribution is -0.140. The molecule has 0 bridgehead atoms. The number of aromatic amines is 1. The van der Waals surface area contributed by atoms with Crippen LogP contribution in [0.5, 0.6) is 0 Å². The largest absolute Gasteiger partial charge is 0.435 e. The number of hydrogen-bond donors (Lipinski definition) is 2. The summed E-state index contributed by atoms with van der Waals surface area (Å²) in [7, 11) is 0. The highest BCUT2D eigenvalue weighted by molar-refractivity contribution is 6.33. The zero-order valence-electron chi connectivity index (χ0n) is 15.9. The van der Waals surface area contributed by atoms with Crippen molar-refractivity contribution >= 4 is 28.8 Å². The van der Waals surface area contributed by atoms with Crippen LogP contribution in [0, 0.1) is 6.92 Å². The number of fused-ring (bicyclic) bond motifs is 1. The van der Waals surface area contributed by atoms with Crippen molar-refractivity contribution in [1.82, 2.24) is 14.6 Å². The molecule has 0 radical (unpaired) electrons. The summed E-state index contributed by atoms with van der Waals surface area (Å²) >= 11 is 6.03. The second kappa shape index (κ2) is 7.59. The average Bonchev–Trinajstić information content (AvgIpc) is 3.10. The topological polar surface area (TPSA) is 79.3 Å². The Morgan fingerprint density at radius 2 is 1.74 bits per heavy atom. The molecular formula is C21H14ClF3N4O2. The van der Waals surface area contributed by atoms with Gasteiger partial charge in [-0.05, 0) is 24.6 Å². The molecule has 0 fully saturated rings. The number of alkyl halides is 3. The minimum absolute atomic E-state index is 0.0906. The van der Waals surface area contributed by atoms with Gasteiger partial charge in [0.1, 0.15) is 11.2 Å². The molecule has 0 saturated carbocycles. The van der Waals surface area contributed by atoms with Gasteiger partial charge in [0, 0.05) is 5.69 Å². The molecular weight excluding hydrogens is 433 g/mol. The Morgan fingerprint density at radius 3 is 2.39 bits per heavy atom. The van der Waals surface area contributed by atoms with E-state index in [2.05, 4.69) is 15.4 Å². The Balaban J connectivity index is 1.93. The van der Waals surface area contributed by atoms with Gasteiger partial charge in [0.15, 0.2) is 5.69 Å². The minimum atomic E-state index is -4.81. The highest BCUT2D eigenvalue weighted by Gasteiger charge is 2.39. The van der Waals surface area contributed by atoms with Crippen molar-refractivity contribution in [1.29, 1.82) is 0 Å². The van der Waals surface area contributed by atoms with Gasteiger partial charge in [0.25, 0.3) is 11.5 Å². The number of anilines is 1. The van der Waals surface area contributed by atoms with E-state index >= 15 is 0 Å². The van der Waals surface area contributed by atoms with Gasteiger partial charge < -0.3 is 10.3 Å². The molecule has 4 rings (SSSR count). The number of aryl methyl sites for hydroxylation is 1. The van der Waals surface area contributed by atoms with Crippen LogP contribution in [-0.4, -0.2) is 20.5 Å². The molecule has 10 heteroatoms. The minimum Gasteiger partial charge on any atom is -0.342 e. The lowest BCUT2D eigenvalue weighted by atomic mass is 10.1. The Morgan fingerprint density at radius 1 is 1.10 bits per heavy atom. The summed E-state index contributed by atoms with van der Waals surface area (Å²) in [5, 5.41) is 6.26. The molecule has 0 saturated heterocycles. The van der Waals surface area contributed by atoms with Gasteiger partial charge in [-0.25, -0.2) is 0 Å². The third-order valence-electron chi connectivity index (χ3n) is 4.65. The number of carbonyl (C=O) groups excluding carboxylic acids is 1. The number of para-hydroxylation sites is 1. The molecule has 1 amide bonds. The zero-order valence-corrected chi connectivity index (χ0v) is 16.7. The summed E-state index contributed by atoms with van der Waals surface area (Å²) in [5.74, 6) is -0.820. The highest BCUT2D eigenvalue weighted by atomic mass is 35.5. The van der Waals surface area contributed by atoms with Crippen molar-refractivity contribution < 1.29 is 18.0 Å². The molecule has 0 aliphatic rings. The van der Waals surface area contributed by atoms with Crippen molar-refractivity contribution in [3.8, 4) is 11.1 Å². The molecule has 2 aromatic carbocycles. The van der Waals surface area contributed by atoms with E-state index in [9.17, 15) is 22.8 Å². The number of nitrogens with zero attached hydrogens (tertiary/aromatic N) is 2. The van der Waals surface area contributed by atoms with E-state index in [-0.39, 0.29) is 38.7 Å². The second-order valence-electron chi connectivity index (χ2n) is 6.71. The van der Waals surface area contributed by atoms with Crippen LogP contribution in [0.4, 0.5) is 18.9 Å². The normalized spacial score (nSPS) is 11.6. The molecule has 0 atom stereocenters. The summed E-state index contributed by atoms with van der Waals surface area (Å²) in [6.45, 7) is 1.43. The van der Waals surface area contributed by atoms with Gasteiger partial charge in [-0.2, -0.15) is 22.8 Å². The second-order valence-corrected chi connectivity index (χ2v) is 7.12. The Labute approximate surface area is 178 Å². The number of halogens is 4. The summed E-state index contributed by atoms with van der Waals surface area (Å²) in [5.41, 5.74) is -2.43. The first kappa shape index (κ1) is 20.7. The number of amides is 1. The number of benzene rings is 2. The van der Waals surface area contributed by atoms with Crippen LogP contribution >= 0.6 is 11.6 Å².